The van der Waals surface area contributed by atoms with Gasteiger partial charge in [-0.15, -0.1) is 17.1 Å². The summed E-state index contributed by atoms with van der Waals surface area (Å²) in [7, 11) is 0. The Hall–Kier alpha value is -2.41. The molecule has 4 rings (SSSR count). The van der Waals surface area contributed by atoms with Crippen molar-refractivity contribution in [1.29, 1.82) is 0 Å². The van der Waals surface area contributed by atoms with Crippen LogP contribution in [-0.4, -0.2) is 53.1 Å². The molecule has 1 aromatic carbocycles. The van der Waals surface area contributed by atoms with E-state index in [9.17, 15) is 10.2 Å². The number of hydrogen-bond acceptors (Lipinski definition) is 5. The quantitative estimate of drug-likeness (QED) is 0.189. The second-order valence-corrected chi connectivity index (χ2v) is 11.8. The number of benzene rings is 1. The highest BCUT2D eigenvalue weighted by atomic mass is 16.5. The number of phenolic OH excluding ortho intramolecular Hbond substituents is 1. The fourth-order valence-electron chi connectivity index (χ4n) is 5.83. The lowest BCUT2D eigenvalue weighted by atomic mass is 9.72. The van der Waals surface area contributed by atoms with Gasteiger partial charge in [0.25, 0.3) is 0 Å². The van der Waals surface area contributed by atoms with E-state index in [1.165, 1.54) is 31.3 Å². The Morgan fingerprint density at radius 1 is 1.23 bits per heavy atom. The summed E-state index contributed by atoms with van der Waals surface area (Å²) < 4.78 is 11.3. The van der Waals surface area contributed by atoms with Crippen molar-refractivity contribution in [3.63, 3.8) is 0 Å². The van der Waals surface area contributed by atoms with Gasteiger partial charge in [0.05, 0.1) is 18.1 Å². The van der Waals surface area contributed by atoms with E-state index < -0.39 is 0 Å². The van der Waals surface area contributed by atoms with Gasteiger partial charge in [0.2, 0.25) is 0 Å². The van der Waals surface area contributed by atoms with E-state index >= 15 is 0 Å². The lowest BCUT2D eigenvalue weighted by Gasteiger charge is -2.32. The topological polar surface area (TPSA) is 86.9 Å². The third-order valence-electron chi connectivity index (χ3n) is 8.36. The molecule has 0 saturated heterocycles. The van der Waals surface area contributed by atoms with Crippen molar-refractivity contribution in [1.82, 2.24) is 5.32 Å². The predicted molar refractivity (Wildman–Crippen MR) is 159 cm³/mol. The molecule has 0 aromatic heterocycles. The lowest BCUT2D eigenvalue weighted by Crippen LogP contribution is -2.33. The number of rotatable bonds is 15. The standard InChI is InChI=1S/C33H48N2O4/c1-4-5-9-28-13-14-29(39-28)12-10-26-11-15-30(37)31(18-26)38-23-33(16-7-6-8-17-33)32-19-27(22-35-32)24(2)20-34-21-25(3)36/h11,13-15,18-19,22,24-25,28,34,36,39H,4-10,12,16-17,20-21,23H2,1-3H3/p+1/t24-,25+,28?/m1/s1. The number of aliphatic hydroxyl groups is 3. The van der Waals surface area contributed by atoms with E-state index in [2.05, 4.69) is 37.4 Å². The molecule has 1 aliphatic carbocycles. The smallest absolute Gasteiger partial charge is 0.184 e. The van der Waals surface area contributed by atoms with Crippen LogP contribution in [0.3, 0.4) is 0 Å². The van der Waals surface area contributed by atoms with E-state index in [1.807, 2.05) is 18.3 Å². The molecule has 2 aliphatic heterocycles. The van der Waals surface area contributed by atoms with E-state index in [-0.39, 0.29) is 17.3 Å². The highest BCUT2D eigenvalue weighted by Crippen LogP contribution is 2.46. The van der Waals surface area contributed by atoms with Crippen molar-refractivity contribution >= 4 is 6.21 Å². The Morgan fingerprint density at radius 2 is 2.05 bits per heavy atom. The molecule has 39 heavy (non-hydrogen) atoms. The normalized spacial score (nSPS) is 21.8. The molecule has 1 aromatic rings. The molecule has 1 unspecified atom stereocenters. The van der Waals surface area contributed by atoms with Gasteiger partial charge in [0, 0.05) is 19.5 Å². The zero-order valence-electron chi connectivity index (χ0n) is 24.2. The van der Waals surface area contributed by atoms with Crippen molar-refractivity contribution in [3.8, 4) is 11.5 Å². The molecular weight excluding hydrogens is 488 g/mol. The zero-order valence-corrected chi connectivity index (χ0v) is 24.2. The first-order valence-corrected chi connectivity index (χ1v) is 15.1. The molecular formula is C33H49N2O4+. The van der Waals surface area contributed by atoms with Gasteiger partial charge in [-0.3, -0.25) is 0 Å². The summed E-state index contributed by atoms with van der Waals surface area (Å²) in [6.45, 7) is 8.13. The summed E-state index contributed by atoms with van der Waals surface area (Å²) in [6, 6.07) is 5.75. The highest BCUT2D eigenvalue weighted by Gasteiger charge is 2.45. The number of aliphatic imine (C=N–C) groups is 1. The van der Waals surface area contributed by atoms with Crippen molar-refractivity contribution < 1.29 is 19.7 Å². The van der Waals surface area contributed by atoms with Gasteiger partial charge in [-0.2, -0.15) is 0 Å². The number of ether oxygens (including phenoxy) is 2. The van der Waals surface area contributed by atoms with E-state index in [1.54, 1.807) is 13.0 Å². The Morgan fingerprint density at radius 3 is 2.82 bits per heavy atom. The zero-order chi connectivity index (χ0) is 27.7. The second kappa shape index (κ2) is 14.3. The first-order valence-electron chi connectivity index (χ1n) is 15.1. The van der Waals surface area contributed by atoms with Crippen LogP contribution in [-0.2, 0) is 6.42 Å². The number of nitrogens with one attached hydrogen (secondary N) is 1. The molecule has 3 atom stereocenters. The summed E-state index contributed by atoms with van der Waals surface area (Å²) in [5.41, 5.74) is 2.13. The van der Waals surface area contributed by atoms with Crippen LogP contribution in [0, 0.1) is 23.4 Å². The Balaban J connectivity index is 1.35. The number of unbranched alkanes of at least 4 members (excludes halogenated alkanes) is 1. The fraction of sp³-hybridized carbons (Fsp3) is 0.606. The van der Waals surface area contributed by atoms with E-state index in [0.29, 0.717) is 30.9 Å². The minimum Gasteiger partial charge on any atom is -0.504 e. The van der Waals surface area contributed by atoms with Crippen LogP contribution in [0.5, 0.6) is 11.5 Å². The van der Waals surface area contributed by atoms with Crippen LogP contribution in [0.25, 0.3) is 0 Å². The molecule has 2 heterocycles. The molecule has 0 amide bonds. The summed E-state index contributed by atoms with van der Waals surface area (Å²) in [5, 5.41) is 23.5. The Labute approximate surface area is 235 Å². The molecule has 1 fully saturated rings. The number of aryl methyl sites for hydroxylation is 1. The minimum absolute atomic E-state index is 0.136. The SMILES string of the molecule is CCCCC1C=C[C-](CCc2ccc(O)c(OCC3(C4=C[C+]([C@H](C)CNC[C@H](C)O)C=N4)CCCCC3)c2)[OH+]1. The van der Waals surface area contributed by atoms with Crippen LogP contribution < -0.4 is 10.1 Å². The molecule has 6 heteroatoms. The molecule has 1 saturated carbocycles. The first-order chi connectivity index (χ1) is 18.9. The largest absolute Gasteiger partial charge is 0.504 e. The predicted octanol–water partition coefficient (Wildman–Crippen LogP) is 5.99. The molecule has 6 nitrogen and oxygen atoms in total. The van der Waals surface area contributed by atoms with E-state index in [4.69, 9.17) is 14.5 Å². The second-order valence-electron chi connectivity index (χ2n) is 11.8. The van der Waals surface area contributed by atoms with Crippen molar-refractivity contribution in [2.24, 2.45) is 16.3 Å². The molecule has 3 aliphatic rings. The summed E-state index contributed by atoms with van der Waals surface area (Å²) in [6.07, 6.45) is 20.8. The number of aliphatic hydroxyl groups excluding tert-OH is 1. The average molecular weight is 538 g/mol. The molecule has 0 radical (unpaired) electrons. The van der Waals surface area contributed by atoms with Gasteiger partial charge >= 0.3 is 0 Å². The van der Waals surface area contributed by atoms with E-state index in [0.717, 1.165) is 62.8 Å². The van der Waals surface area contributed by atoms with Crippen LogP contribution in [0.4, 0.5) is 0 Å². The monoisotopic (exact) mass is 537 g/mol. The molecule has 0 bridgehead atoms. The third kappa shape index (κ3) is 8.29. The lowest BCUT2D eigenvalue weighted by molar-refractivity contribution is -0.0480. The Kier molecular flexibility index (Phi) is 10.8. The third-order valence-corrected chi connectivity index (χ3v) is 8.36. The average Bonchev–Trinajstić information content (AvgIpc) is 3.61. The summed E-state index contributed by atoms with van der Waals surface area (Å²) in [4.78, 5) is 4.89. The van der Waals surface area contributed by atoms with Gasteiger partial charge in [0.15, 0.2) is 17.2 Å². The first kappa shape index (κ1) is 29.6. The minimum atomic E-state index is -0.348. The van der Waals surface area contributed by atoms with Crippen LogP contribution in [0.15, 0.2) is 47.1 Å². The van der Waals surface area contributed by atoms with Gasteiger partial charge in [-0.05, 0) is 63.6 Å². The molecule has 214 valence electrons. The van der Waals surface area contributed by atoms with Gasteiger partial charge in [0.1, 0.15) is 36.3 Å². The number of phenols is 1. The highest BCUT2D eigenvalue weighted by molar-refractivity contribution is 5.83. The van der Waals surface area contributed by atoms with Gasteiger partial charge in [-0.1, -0.05) is 38.7 Å². The van der Waals surface area contributed by atoms with Crippen molar-refractivity contribution in [3.05, 3.63) is 59.7 Å². The van der Waals surface area contributed by atoms with Crippen molar-refractivity contribution in [2.75, 3.05) is 19.7 Å². The van der Waals surface area contributed by atoms with Crippen molar-refractivity contribution in [2.45, 2.75) is 97.2 Å². The van der Waals surface area contributed by atoms with Crippen LogP contribution in [0.2, 0.25) is 0 Å². The summed E-state index contributed by atoms with van der Waals surface area (Å²) in [5.74, 6) is 2.29. The maximum absolute atomic E-state index is 10.6. The maximum Gasteiger partial charge on any atom is 0.184 e. The number of aromatic hydroxyl groups is 1. The number of nitrogens with zero attached hydrogens (tertiary/aromatic N) is 1. The molecule has 0 spiro atoms. The van der Waals surface area contributed by atoms with Crippen LogP contribution >= 0.6 is 0 Å². The van der Waals surface area contributed by atoms with Gasteiger partial charge in [-0.25, -0.2) is 0 Å². The summed E-state index contributed by atoms with van der Waals surface area (Å²) >= 11 is 0. The number of allylic oxidation sites excluding steroid dienone is 1. The maximum atomic E-state index is 10.6. The fourth-order valence-corrected chi connectivity index (χ4v) is 5.83. The molecule has 4 N–H and O–H groups in total. The van der Waals surface area contributed by atoms with Gasteiger partial charge < -0.3 is 25.0 Å². The van der Waals surface area contributed by atoms with Crippen LogP contribution in [0.1, 0.15) is 84.1 Å². The number of hydrogen-bond donors (Lipinski definition) is 3. The Bertz CT molecular complexity index is 995.